The van der Waals surface area contributed by atoms with Gasteiger partial charge in [0.05, 0.1) is 11.1 Å². The number of aromatic carboxylic acids is 1. The molecule has 0 bridgehead atoms. The topological polar surface area (TPSA) is 53.4 Å². The van der Waals surface area contributed by atoms with E-state index in [1.54, 1.807) is 24.4 Å². The van der Waals surface area contributed by atoms with Gasteiger partial charge in [-0.1, -0.05) is 0 Å². The Hall–Kier alpha value is -2.10. The molecular weight excluding hydrogens is 204 g/mol. The van der Waals surface area contributed by atoms with Gasteiger partial charge in [0.15, 0.2) is 0 Å². The van der Waals surface area contributed by atoms with Crippen molar-refractivity contribution in [2.45, 2.75) is 0 Å². The Morgan fingerprint density at radius 1 is 1.31 bits per heavy atom. The van der Waals surface area contributed by atoms with Gasteiger partial charge in [-0.25, -0.2) is 4.79 Å². The number of carboxylic acid groups (broad SMARTS) is 1. The molecule has 1 aromatic heterocycles. The van der Waals surface area contributed by atoms with E-state index in [2.05, 4.69) is 4.98 Å². The van der Waals surface area contributed by atoms with E-state index < -0.39 is 5.97 Å². The van der Waals surface area contributed by atoms with Crippen LogP contribution in [0.3, 0.4) is 0 Å². The standard InChI is InChI=1S/C12H12N2O2/c1-14(2)11-5-6-13-10-7-8(12(15)16)3-4-9(10)11/h3-7H,1-2H3,(H,15,16). The van der Waals surface area contributed by atoms with Crippen LogP contribution in [0.5, 0.6) is 0 Å². The van der Waals surface area contributed by atoms with Crippen molar-refractivity contribution in [2.75, 3.05) is 19.0 Å². The molecule has 0 radical (unpaired) electrons. The predicted octanol–water partition coefficient (Wildman–Crippen LogP) is 2.00. The molecule has 0 atom stereocenters. The fraction of sp³-hybridized carbons (Fsp3) is 0.167. The summed E-state index contributed by atoms with van der Waals surface area (Å²) in [5.41, 5.74) is 1.99. The zero-order chi connectivity index (χ0) is 11.7. The lowest BCUT2D eigenvalue weighted by molar-refractivity contribution is 0.0697. The minimum absolute atomic E-state index is 0.260. The first-order valence-electron chi connectivity index (χ1n) is 4.89. The van der Waals surface area contributed by atoms with E-state index in [-0.39, 0.29) is 5.56 Å². The highest BCUT2D eigenvalue weighted by atomic mass is 16.4. The van der Waals surface area contributed by atoms with Gasteiger partial charge >= 0.3 is 5.97 Å². The summed E-state index contributed by atoms with van der Waals surface area (Å²) in [6, 6.07) is 6.88. The van der Waals surface area contributed by atoms with Gasteiger partial charge in [0.25, 0.3) is 0 Å². The molecule has 1 aromatic carbocycles. The molecule has 0 saturated carbocycles. The summed E-state index contributed by atoms with van der Waals surface area (Å²) < 4.78 is 0. The largest absolute Gasteiger partial charge is 0.478 e. The molecule has 4 nitrogen and oxygen atoms in total. The molecule has 0 unspecified atom stereocenters. The molecule has 0 fully saturated rings. The third kappa shape index (κ3) is 1.69. The number of nitrogens with zero attached hydrogens (tertiary/aromatic N) is 2. The lowest BCUT2D eigenvalue weighted by Crippen LogP contribution is -2.09. The highest BCUT2D eigenvalue weighted by Gasteiger charge is 2.07. The van der Waals surface area contributed by atoms with Gasteiger partial charge in [-0.2, -0.15) is 0 Å². The summed E-state index contributed by atoms with van der Waals surface area (Å²) in [6.45, 7) is 0. The molecule has 0 aliphatic carbocycles. The van der Waals surface area contributed by atoms with Crippen LogP contribution in [0, 0.1) is 0 Å². The molecule has 1 N–H and O–H groups in total. The maximum Gasteiger partial charge on any atom is 0.335 e. The van der Waals surface area contributed by atoms with Crippen LogP contribution in [-0.2, 0) is 0 Å². The molecule has 16 heavy (non-hydrogen) atoms. The van der Waals surface area contributed by atoms with Crippen molar-refractivity contribution in [1.29, 1.82) is 0 Å². The third-order valence-electron chi connectivity index (χ3n) is 2.45. The van der Waals surface area contributed by atoms with Crippen molar-refractivity contribution >= 4 is 22.6 Å². The molecule has 0 saturated heterocycles. The lowest BCUT2D eigenvalue weighted by Gasteiger charge is -2.14. The van der Waals surface area contributed by atoms with E-state index in [4.69, 9.17) is 5.11 Å². The summed E-state index contributed by atoms with van der Waals surface area (Å²) in [4.78, 5) is 17.0. The number of hydrogen-bond donors (Lipinski definition) is 1. The molecule has 1 heterocycles. The van der Waals surface area contributed by atoms with Crippen LogP contribution in [0.4, 0.5) is 5.69 Å². The smallest absolute Gasteiger partial charge is 0.335 e. The average molecular weight is 216 g/mol. The SMILES string of the molecule is CN(C)c1ccnc2cc(C(=O)O)ccc12. The van der Waals surface area contributed by atoms with Crippen LogP contribution >= 0.6 is 0 Å². The van der Waals surface area contributed by atoms with Gasteiger partial charge in [0, 0.05) is 31.4 Å². The summed E-state index contributed by atoms with van der Waals surface area (Å²) in [6.07, 6.45) is 1.68. The number of carbonyl (C=O) groups is 1. The third-order valence-corrected chi connectivity index (χ3v) is 2.45. The molecule has 2 aromatic rings. The van der Waals surface area contributed by atoms with E-state index in [1.807, 2.05) is 25.1 Å². The average Bonchev–Trinajstić information content (AvgIpc) is 2.27. The number of benzene rings is 1. The minimum Gasteiger partial charge on any atom is -0.478 e. The van der Waals surface area contributed by atoms with Gasteiger partial charge in [0.2, 0.25) is 0 Å². The number of aromatic nitrogens is 1. The van der Waals surface area contributed by atoms with Gasteiger partial charge < -0.3 is 10.0 Å². The highest BCUT2D eigenvalue weighted by Crippen LogP contribution is 2.24. The number of carboxylic acids is 1. The van der Waals surface area contributed by atoms with Crippen LogP contribution < -0.4 is 4.90 Å². The van der Waals surface area contributed by atoms with Gasteiger partial charge in [-0.05, 0) is 24.3 Å². The van der Waals surface area contributed by atoms with E-state index in [9.17, 15) is 4.79 Å². The Bertz CT molecular complexity index is 550. The van der Waals surface area contributed by atoms with Crippen molar-refractivity contribution in [3.8, 4) is 0 Å². The van der Waals surface area contributed by atoms with Crippen LogP contribution in [0.15, 0.2) is 30.5 Å². The zero-order valence-electron chi connectivity index (χ0n) is 9.14. The van der Waals surface area contributed by atoms with Crippen molar-refractivity contribution in [3.63, 3.8) is 0 Å². The fourth-order valence-corrected chi connectivity index (χ4v) is 1.66. The maximum atomic E-state index is 10.8. The van der Waals surface area contributed by atoms with E-state index >= 15 is 0 Å². The number of fused-ring (bicyclic) bond motifs is 1. The van der Waals surface area contributed by atoms with E-state index in [0.717, 1.165) is 11.1 Å². The summed E-state index contributed by atoms with van der Waals surface area (Å²) in [7, 11) is 3.89. The minimum atomic E-state index is -0.932. The zero-order valence-corrected chi connectivity index (χ0v) is 9.14. The second-order valence-corrected chi connectivity index (χ2v) is 3.76. The molecular formula is C12H12N2O2. The molecule has 82 valence electrons. The summed E-state index contributed by atoms with van der Waals surface area (Å²) in [5, 5.41) is 9.84. The van der Waals surface area contributed by atoms with Gasteiger partial charge in [-0.3, -0.25) is 4.98 Å². The Morgan fingerprint density at radius 3 is 2.69 bits per heavy atom. The molecule has 0 amide bonds. The maximum absolute atomic E-state index is 10.8. The normalized spacial score (nSPS) is 10.4. The van der Waals surface area contributed by atoms with E-state index in [0.29, 0.717) is 5.52 Å². The fourth-order valence-electron chi connectivity index (χ4n) is 1.66. The first-order chi connectivity index (χ1) is 7.59. The number of anilines is 1. The molecule has 2 rings (SSSR count). The van der Waals surface area contributed by atoms with Crippen molar-refractivity contribution < 1.29 is 9.90 Å². The Morgan fingerprint density at radius 2 is 2.06 bits per heavy atom. The molecule has 0 aliphatic rings. The summed E-state index contributed by atoms with van der Waals surface area (Å²) >= 11 is 0. The quantitative estimate of drug-likeness (QED) is 0.834. The highest BCUT2D eigenvalue weighted by molar-refractivity contribution is 5.97. The summed E-state index contributed by atoms with van der Waals surface area (Å²) in [5.74, 6) is -0.932. The number of pyridine rings is 1. The van der Waals surface area contributed by atoms with Crippen LogP contribution in [0.2, 0.25) is 0 Å². The molecule has 0 spiro atoms. The number of rotatable bonds is 2. The van der Waals surface area contributed by atoms with Crippen molar-refractivity contribution in [3.05, 3.63) is 36.0 Å². The Kier molecular flexibility index (Phi) is 2.48. The Labute approximate surface area is 93.1 Å². The second-order valence-electron chi connectivity index (χ2n) is 3.76. The molecule has 0 aliphatic heterocycles. The monoisotopic (exact) mass is 216 g/mol. The Balaban J connectivity index is 2.68. The van der Waals surface area contributed by atoms with Crippen LogP contribution in [0.1, 0.15) is 10.4 Å². The van der Waals surface area contributed by atoms with Gasteiger partial charge in [-0.15, -0.1) is 0 Å². The van der Waals surface area contributed by atoms with Crippen LogP contribution in [-0.4, -0.2) is 30.2 Å². The van der Waals surface area contributed by atoms with Gasteiger partial charge in [0.1, 0.15) is 0 Å². The predicted molar refractivity (Wildman–Crippen MR) is 63.0 cm³/mol. The van der Waals surface area contributed by atoms with E-state index in [1.165, 1.54) is 0 Å². The van der Waals surface area contributed by atoms with Crippen molar-refractivity contribution in [2.24, 2.45) is 0 Å². The first-order valence-corrected chi connectivity index (χ1v) is 4.89. The van der Waals surface area contributed by atoms with Crippen molar-refractivity contribution in [1.82, 2.24) is 4.98 Å². The first kappa shape index (κ1) is 10.4. The molecule has 4 heteroatoms. The lowest BCUT2D eigenvalue weighted by atomic mass is 10.1. The second kappa shape index (κ2) is 3.81. The van der Waals surface area contributed by atoms with Crippen LogP contribution in [0.25, 0.3) is 10.9 Å². The number of hydrogen-bond acceptors (Lipinski definition) is 3.